The second-order valence-electron chi connectivity index (χ2n) is 22.9. The third-order valence-electron chi connectivity index (χ3n) is 15.3. The van der Waals surface area contributed by atoms with Crippen LogP contribution in [0.4, 0.5) is 5.82 Å². The molecular formula is C62H93N13O18S. The van der Waals surface area contributed by atoms with Crippen LogP contribution in [0.5, 0.6) is 5.75 Å². The first kappa shape index (κ1) is 76.8. The number of ether oxygens (including phenoxy) is 3. The van der Waals surface area contributed by atoms with E-state index < -0.39 is 76.2 Å². The van der Waals surface area contributed by atoms with Crippen LogP contribution in [0.25, 0.3) is 0 Å². The number of sulfonamides is 1. The predicted octanol–water partition coefficient (Wildman–Crippen LogP) is -1.37. The number of nitrogens with zero attached hydrogens (tertiary/aromatic N) is 5. The molecule has 3 heterocycles. The van der Waals surface area contributed by atoms with Gasteiger partial charge in [0.05, 0.1) is 57.5 Å². The van der Waals surface area contributed by atoms with Crippen LogP contribution in [0.15, 0.2) is 53.4 Å². The quantitative estimate of drug-likeness (QED) is 0.0292. The Balaban J connectivity index is 0.927. The fourth-order valence-electron chi connectivity index (χ4n) is 10.5. The number of carboxylic acid groups (broad SMARTS) is 4. The Labute approximate surface area is 547 Å². The minimum atomic E-state index is -4.40. The van der Waals surface area contributed by atoms with Gasteiger partial charge in [-0.25, -0.2) is 13.4 Å². The maximum absolute atomic E-state index is 13.6. The highest BCUT2D eigenvalue weighted by molar-refractivity contribution is 7.89. The van der Waals surface area contributed by atoms with Crippen molar-refractivity contribution < 1.29 is 86.2 Å². The van der Waals surface area contributed by atoms with Gasteiger partial charge in [-0.3, -0.25) is 62.8 Å². The summed E-state index contributed by atoms with van der Waals surface area (Å²) in [6.07, 6.45) is 5.31. The highest BCUT2D eigenvalue weighted by atomic mass is 32.2. The van der Waals surface area contributed by atoms with Crippen LogP contribution in [-0.4, -0.2) is 270 Å². The Morgan fingerprint density at radius 1 is 0.638 bits per heavy atom. The van der Waals surface area contributed by atoms with Gasteiger partial charge in [0.1, 0.15) is 30.3 Å². The summed E-state index contributed by atoms with van der Waals surface area (Å²) in [6.45, 7) is 4.90. The first-order valence-electron chi connectivity index (χ1n) is 31.6. The van der Waals surface area contributed by atoms with E-state index in [0.717, 1.165) is 36.5 Å². The van der Waals surface area contributed by atoms with E-state index in [-0.39, 0.29) is 172 Å². The normalized spacial score (nSPS) is 15.1. The number of carboxylic acids is 4. The number of amides is 5. The molecule has 0 bridgehead atoms. The number of fused-ring (bicyclic) bond motifs is 1. The van der Waals surface area contributed by atoms with Crippen LogP contribution in [0.1, 0.15) is 76.8 Å². The van der Waals surface area contributed by atoms with Gasteiger partial charge in [-0.1, -0.05) is 18.2 Å². The molecule has 94 heavy (non-hydrogen) atoms. The molecule has 0 spiro atoms. The number of benzene rings is 2. The lowest BCUT2D eigenvalue weighted by Gasteiger charge is -2.33. The molecule has 32 heteroatoms. The molecule has 2 aliphatic heterocycles. The van der Waals surface area contributed by atoms with Gasteiger partial charge in [0, 0.05) is 103 Å². The van der Waals surface area contributed by atoms with Crippen molar-refractivity contribution in [2.45, 2.75) is 88.6 Å². The van der Waals surface area contributed by atoms with E-state index in [1.54, 1.807) is 31.7 Å². The predicted molar refractivity (Wildman–Crippen MR) is 344 cm³/mol. The standard InChI is InChI=1S/C62H93N13O18S/c1-43-35-49(36-44(2)58(43)94(89,90)71-51(62(87)88)37-68-60(85)47-13-10-45(11-14-47)12-16-48-17-15-46-7-5-19-66-59(46)69-48)93-31-6-9-52(76)64-20-21-65-54(78)42-92-34-33-91-32-22-67-61(86)50(8-3-4-18-63)70-53(77)38-72-23-25-73(39-55(79)80)27-29-75(41-57(83)84)30-28-74(26-24-72)40-56(81)82/h10-11,13-15,17,35-36,50-51,71H,3-9,12,16,18-34,37-42,63H2,1-2H3,(H,64,76)(H,65,78)(H,66,69)(H,67,86)(H,68,85)(H,70,77)(H,79,80)(H,81,82)(H,83,84)(H,87,88)/t50-,51?/m0/s1. The summed E-state index contributed by atoms with van der Waals surface area (Å²) in [5.41, 5.74) is 9.67. The van der Waals surface area contributed by atoms with E-state index in [1.807, 2.05) is 18.2 Å². The Morgan fingerprint density at radius 2 is 1.22 bits per heavy atom. The summed E-state index contributed by atoms with van der Waals surface area (Å²) in [6, 6.07) is 11.4. The molecule has 5 rings (SSSR count). The van der Waals surface area contributed by atoms with Crippen molar-refractivity contribution in [1.29, 1.82) is 0 Å². The number of anilines is 1. The van der Waals surface area contributed by atoms with Crippen molar-refractivity contribution in [2.75, 3.05) is 156 Å². The SMILES string of the molecule is Cc1cc(OCCCC(=O)NCCNC(=O)COCCOCCNC(=O)[C@H](CCCCN)NC(=O)CN2CCN(CC(=O)O)CCN(CC(=O)O)CCN(CC(=O)O)CC2)cc(C)c1S(=O)(=O)NC(CNC(=O)c1ccc(CCc2ccc3c(n2)NCCC3)cc1)C(=O)O. The molecule has 2 aliphatic rings. The number of hydrogen-bond acceptors (Lipinski definition) is 21. The fourth-order valence-corrected chi connectivity index (χ4v) is 12.1. The molecule has 3 aromatic rings. The largest absolute Gasteiger partial charge is 0.494 e. The van der Waals surface area contributed by atoms with E-state index >= 15 is 0 Å². The summed E-state index contributed by atoms with van der Waals surface area (Å²) in [7, 11) is -4.40. The molecule has 2 aromatic carbocycles. The Bertz CT molecular complexity index is 3050. The van der Waals surface area contributed by atoms with Crippen molar-refractivity contribution in [3.8, 4) is 5.75 Å². The Kier molecular flexibility index (Phi) is 33.5. The summed E-state index contributed by atoms with van der Waals surface area (Å²) in [5.74, 6) is -5.69. The molecule has 0 aliphatic carbocycles. The monoisotopic (exact) mass is 1340 g/mol. The second kappa shape index (κ2) is 41.0. The first-order chi connectivity index (χ1) is 45.0. The number of pyridine rings is 1. The van der Waals surface area contributed by atoms with E-state index in [0.29, 0.717) is 44.4 Å². The van der Waals surface area contributed by atoms with Crippen molar-refractivity contribution in [3.05, 3.63) is 82.0 Å². The molecule has 520 valence electrons. The van der Waals surface area contributed by atoms with Crippen LogP contribution >= 0.6 is 0 Å². The van der Waals surface area contributed by atoms with E-state index in [9.17, 15) is 72.0 Å². The number of rotatable bonds is 40. The maximum atomic E-state index is 13.6. The van der Waals surface area contributed by atoms with Gasteiger partial charge >= 0.3 is 23.9 Å². The minimum absolute atomic E-state index is 0.0564. The zero-order valence-electron chi connectivity index (χ0n) is 53.6. The van der Waals surface area contributed by atoms with Crippen molar-refractivity contribution in [2.24, 2.45) is 5.73 Å². The third-order valence-corrected chi connectivity index (χ3v) is 17.1. The molecule has 0 radical (unpaired) electrons. The zero-order chi connectivity index (χ0) is 68.4. The number of aryl methyl sites for hydroxylation is 5. The van der Waals surface area contributed by atoms with Gasteiger partial charge in [-0.05, 0) is 124 Å². The van der Waals surface area contributed by atoms with Gasteiger partial charge in [-0.15, -0.1) is 0 Å². The van der Waals surface area contributed by atoms with Gasteiger partial charge in [0.2, 0.25) is 33.7 Å². The number of aliphatic carboxylic acids is 4. The highest BCUT2D eigenvalue weighted by Gasteiger charge is 2.30. The highest BCUT2D eigenvalue weighted by Crippen LogP contribution is 2.27. The van der Waals surface area contributed by atoms with Crippen molar-refractivity contribution >= 4 is 69.3 Å². The van der Waals surface area contributed by atoms with Crippen LogP contribution < -0.4 is 47.1 Å². The molecule has 2 atom stereocenters. The van der Waals surface area contributed by atoms with E-state index in [2.05, 4.69) is 42.7 Å². The van der Waals surface area contributed by atoms with Crippen LogP contribution in [0.3, 0.4) is 0 Å². The second-order valence-corrected chi connectivity index (χ2v) is 24.6. The van der Waals surface area contributed by atoms with Crippen molar-refractivity contribution in [3.63, 3.8) is 0 Å². The lowest BCUT2D eigenvalue weighted by atomic mass is 10.0. The third kappa shape index (κ3) is 29.1. The Morgan fingerprint density at radius 3 is 1.81 bits per heavy atom. The molecule has 1 aromatic heterocycles. The average Bonchev–Trinajstić information content (AvgIpc) is 0.796. The first-order valence-corrected chi connectivity index (χ1v) is 33.1. The van der Waals surface area contributed by atoms with Gasteiger partial charge < -0.3 is 72.3 Å². The molecule has 31 nitrogen and oxygen atoms in total. The molecule has 0 saturated carbocycles. The summed E-state index contributed by atoms with van der Waals surface area (Å²) >= 11 is 0. The van der Waals surface area contributed by atoms with Gasteiger partial charge in [0.25, 0.3) is 5.91 Å². The van der Waals surface area contributed by atoms with Gasteiger partial charge in [0.15, 0.2) is 0 Å². The van der Waals surface area contributed by atoms with Crippen LogP contribution in [0.2, 0.25) is 0 Å². The maximum Gasteiger partial charge on any atom is 0.323 e. The average molecular weight is 1340 g/mol. The van der Waals surface area contributed by atoms with Crippen LogP contribution in [0, 0.1) is 13.8 Å². The lowest BCUT2D eigenvalue weighted by Crippen LogP contribution is -2.52. The van der Waals surface area contributed by atoms with Crippen LogP contribution in [-0.2, 0) is 77.1 Å². The van der Waals surface area contributed by atoms with E-state index in [1.165, 1.54) is 31.5 Å². The summed E-state index contributed by atoms with van der Waals surface area (Å²) in [4.78, 5) is 123. The topological polar surface area (TPSA) is 432 Å². The number of carbonyl (C=O) groups excluding carboxylic acids is 5. The molecular weight excluding hydrogens is 1250 g/mol. The number of hydrogen-bond donors (Lipinski definition) is 12. The smallest absolute Gasteiger partial charge is 0.323 e. The van der Waals surface area contributed by atoms with E-state index in [4.69, 9.17) is 24.9 Å². The van der Waals surface area contributed by atoms with Crippen molar-refractivity contribution in [1.82, 2.24) is 55.9 Å². The minimum Gasteiger partial charge on any atom is -0.494 e. The lowest BCUT2D eigenvalue weighted by molar-refractivity contribution is -0.140. The number of nitrogens with two attached hydrogens (primary N) is 1. The zero-order valence-corrected chi connectivity index (χ0v) is 54.4. The fraction of sp³-hybridized carbons (Fsp3) is 0.581. The number of unbranched alkanes of at least 4 members (excludes halogenated alkanes) is 1. The molecule has 1 unspecified atom stereocenters. The molecule has 5 amide bonds. The number of nitrogens with one attached hydrogen (secondary N) is 7. The Hall–Kier alpha value is -7.95. The molecule has 1 fully saturated rings. The summed E-state index contributed by atoms with van der Waals surface area (Å²) < 4.78 is 46.2. The number of aromatic nitrogens is 1. The summed E-state index contributed by atoms with van der Waals surface area (Å²) in [5, 5.41) is 55.2. The van der Waals surface area contributed by atoms with Gasteiger partial charge in [-0.2, -0.15) is 4.72 Å². The molecule has 1 saturated heterocycles. The number of carbonyl (C=O) groups is 9. The molecule has 13 N–H and O–H groups in total.